The minimum atomic E-state index is -0.589. The average Bonchev–Trinajstić information content (AvgIpc) is 2.85. The molecule has 6 heteroatoms. The van der Waals surface area contributed by atoms with Gasteiger partial charge in [-0.2, -0.15) is 0 Å². The van der Waals surface area contributed by atoms with E-state index >= 15 is 0 Å². The summed E-state index contributed by atoms with van der Waals surface area (Å²) in [5, 5.41) is 0.605. The molecule has 6 rings (SSSR count). The van der Waals surface area contributed by atoms with Crippen molar-refractivity contribution in [3.63, 3.8) is 0 Å². The van der Waals surface area contributed by atoms with Gasteiger partial charge in [0, 0.05) is 52.8 Å². The normalized spacial score (nSPS) is 15.9. The molecule has 2 aromatic carbocycles. The van der Waals surface area contributed by atoms with E-state index in [2.05, 4.69) is 46.4 Å². The Morgan fingerprint density at radius 3 is 1.88 bits per heavy atom. The summed E-state index contributed by atoms with van der Waals surface area (Å²) >= 11 is 1.60. The second-order valence-electron chi connectivity index (χ2n) is 7.92. The van der Waals surface area contributed by atoms with Crippen LogP contribution in [-0.2, 0) is 5.54 Å². The van der Waals surface area contributed by atoms with Crippen LogP contribution in [0.3, 0.4) is 0 Å². The number of hydrogen-bond acceptors (Lipinski definition) is 6. The molecular weight excluding hydrogens is 416 g/mol. The Balaban J connectivity index is 1.58. The summed E-state index contributed by atoms with van der Waals surface area (Å²) in [6.45, 7) is 0. The van der Waals surface area contributed by atoms with Crippen LogP contribution in [0.15, 0.2) is 90.4 Å². The molecule has 4 heterocycles. The maximum atomic E-state index is 6.37. The average molecular weight is 437 g/mol. The monoisotopic (exact) mass is 436 g/mol. The number of rotatable bonds is 2. The van der Waals surface area contributed by atoms with Crippen LogP contribution in [0, 0.1) is 0 Å². The van der Waals surface area contributed by atoms with Gasteiger partial charge in [-0.15, -0.1) is 0 Å². The van der Waals surface area contributed by atoms with Crippen LogP contribution in [0.4, 0.5) is 0 Å². The summed E-state index contributed by atoms with van der Waals surface area (Å²) in [7, 11) is 0. The third-order valence-electron chi connectivity index (χ3n) is 6.07. The van der Waals surface area contributed by atoms with Gasteiger partial charge in [-0.1, -0.05) is 36.0 Å². The molecule has 0 fully saturated rings. The molecular formula is C26H20N4OS. The van der Waals surface area contributed by atoms with Gasteiger partial charge in [0.2, 0.25) is 0 Å². The molecule has 2 aliphatic rings. The molecule has 0 bridgehead atoms. The summed E-state index contributed by atoms with van der Waals surface area (Å²) in [4.78, 5) is 13.6. The van der Waals surface area contributed by atoms with Crippen LogP contribution in [-0.4, -0.2) is 20.9 Å². The van der Waals surface area contributed by atoms with Crippen molar-refractivity contribution in [1.29, 1.82) is 0 Å². The maximum Gasteiger partial charge on any atom is 0.155 e. The lowest BCUT2D eigenvalue weighted by molar-refractivity contribution is 0.391. The molecule has 2 N–H and O–H groups in total. The van der Waals surface area contributed by atoms with Crippen LogP contribution in [0.25, 0.3) is 22.3 Å². The molecule has 0 radical (unpaired) electrons. The van der Waals surface area contributed by atoms with Crippen molar-refractivity contribution < 1.29 is 4.74 Å². The van der Waals surface area contributed by atoms with E-state index in [4.69, 9.17) is 15.5 Å². The number of ether oxygens (including phenoxy) is 1. The Labute approximate surface area is 190 Å². The van der Waals surface area contributed by atoms with Crippen molar-refractivity contribution in [2.75, 3.05) is 5.75 Å². The first-order valence-electron chi connectivity index (χ1n) is 10.5. The highest BCUT2D eigenvalue weighted by atomic mass is 32.2. The summed E-state index contributed by atoms with van der Waals surface area (Å²) in [5.41, 5.74) is 12.1. The van der Waals surface area contributed by atoms with Gasteiger partial charge >= 0.3 is 0 Å². The number of aliphatic imine (C=N–C) groups is 1. The molecule has 2 aromatic heterocycles. The molecule has 2 aliphatic heterocycles. The minimum absolute atomic E-state index is 0.589. The van der Waals surface area contributed by atoms with Gasteiger partial charge in [-0.25, -0.2) is 4.99 Å². The summed E-state index contributed by atoms with van der Waals surface area (Å²) in [6.07, 6.45) is 8.16. The zero-order valence-electron chi connectivity index (χ0n) is 17.2. The second-order valence-corrected chi connectivity index (χ2v) is 9.03. The lowest BCUT2D eigenvalue weighted by Crippen LogP contribution is -2.35. The fraction of sp³-hybridized carbons (Fsp3) is 0.115. The number of amidine groups is 1. The Bertz CT molecular complexity index is 1250. The first kappa shape index (κ1) is 19.1. The number of nitrogens with two attached hydrogens (primary N) is 1. The molecule has 0 atom stereocenters. The third-order valence-corrected chi connectivity index (χ3v) is 6.87. The molecule has 5 nitrogen and oxygen atoms in total. The molecule has 4 aromatic rings. The number of fused-ring (bicyclic) bond motifs is 4. The lowest BCUT2D eigenvalue weighted by atomic mass is 9.77. The van der Waals surface area contributed by atoms with E-state index in [1.807, 2.05) is 36.7 Å². The van der Waals surface area contributed by atoms with Crippen LogP contribution in [0.2, 0.25) is 0 Å². The fourth-order valence-corrected chi connectivity index (χ4v) is 5.37. The number of benzene rings is 2. The van der Waals surface area contributed by atoms with Crippen LogP contribution < -0.4 is 10.5 Å². The van der Waals surface area contributed by atoms with E-state index in [0.29, 0.717) is 5.17 Å². The SMILES string of the molecule is NC1=NC2(CCS1)c1cc(-c3cccnc3)ccc1Oc1ccc(-c3cccnc3)cc12. The topological polar surface area (TPSA) is 73.4 Å². The van der Waals surface area contributed by atoms with E-state index in [1.54, 1.807) is 24.2 Å². The van der Waals surface area contributed by atoms with Gasteiger partial charge in [-0.3, -0.25) is 9.97 Å². The van der Waals surface area contributed by atoms with Gasteiger partial charge in [0.05, 0.1) is 0 Å². The van der Waals surface area contributed by atoms with Gasteiger partial charge < -0.3 is 10.5 Å². The molecule has 0 unspecified atom stereocenters. The van der Waals surface area contributed by atoms with E-state index in [9.17, 15) is 0 Å². The first-order valence-corrected chi connectivity index (χ1v) is 11.5. The fourth-order valence-electron chi connectivity index (χ4n) is 4.54. The van der Waals surface area contributed by atoms with E-state index < -0.39 is 5.54 Å². The Morgan fingerprint density at radius 2 is 1.38 bits per heavy atom. The van der Waals surface area contributed by atoms with Crippen molar-refractivity contribution in [2.45, 2.75) is 12.0 Å². The van der Waals surface area contributed by atoms with Crippen molar-refractivity contribution >= 4 is 16.9 Å². The van der Waals surface area contributed by atoms with Crippen LogP contribution in [0.1, 0.15) is 17.5 Å². The largest absolute Gasteiger partial charge is 0.457 e. The summed E-state index contributed by atoms with van der Waals surface area (Å²) < 4.78 is 6.37. The summed E-state index contributed by atoms with van der Waals surface area (Å²) in [5.74, 6) is 2.54. The molecule has 32 heavy (non-hydrogen) atoms. The highest BCUT2D eigenvalue weighted by molar-refractivity contribution is 8.13. The van der Waals surface area contributed by atoms with E-state index in [-0.39, 0.29) is 0 Å². The number of thioether (sulfide) groups is 1. The molecule has 1 spiro atoms. The quantitative estimate of drug-likeness (QED) is 0.442. The zero-order valence-corrected chi connectivity index (χ0v) is 18.0. The molecule has 0 saturated heterocycles. The smallest absolute Gasteiger partial charge is 0.155 e. The molecule has 0 saturated carbocycles. The van der Waals surface area contributed by atoms with Crippen molar-refractivity contribution in [1.82, 2.24) is 9.97 Å². The van der Waals surface area contributed by atoms with Crippen LogP contribution >= 0.6 is 11.8 Å². The van der Waals surface area contributed by atoms with Crippen molar-refractivity contribution in [3.8, 4) is 33.8 Å². The van der Waals surface area contributed by atoms with Gasteiger partial charge in [-0.05, 0) is 53.9 Å². The predicted octanol–water partition coefficient (Wildman–Crippen LogP) is 5.61. The standard InChI is InChI=1S/C26H20N4OS/c27-25-30-26(9-12-32-25)21-13-17(19-3-1-10-28-15-19)5-7-23(21)31-24-8-6-18(14-22(24)26)20-4-2-11-29-16-20/h1-8,10-11,13-16H,9,12H2,(H2,27,30). The number of nitrogens with zero attached hydrogens (tertiary/aromatic N) is 3. The van der Waals surface area contributed by atoms with Crippen LogP contribution in [0.5, 0.6) is 11.5 Å². The van der Waals surface area contributed by atoms with Gasteiger partial charge in [0.15, 0.2) is 5.17 Å². The van der Waals surface area contributed by atoms with Crippen molar-refractivity contribution in [3.05, 3.63) is 96.6 Å². The Morgan fingerprint density at radius 1 is 0.781 bits per heavy atom. The van der Waals surface area contributed by atoms with E-state index in [0.717, 1.165) is 57.1 Å². The van der Waals surface area contributed by atoms with E-state index in [1.165, 1.54) is 0 Å². The number of hydrogen-bond donors (Lipinski definition) is 1. The Kier molecular flexibility index (Phi) is 4.47. The summed E-state index contributed by atoms with van der Waals surface area (Å²) in [6, 6.07) is 20.6. The third kappa shape index (κ3) is 3.07. The minimum Gasteiger partial charge on any atom is -0.457 e. The predicted molar refractivity (Wildman–Crippen MR) is 129 cm³/mol. The Hall–Kier alpha value is -3.64. The first-order chi connectivity index (χ1) is 15.7. The van der Waals surface area contributed by atoms with Gasteiger partial charge in [0.1, 0.15) is 17.0 Å². The zero-order chi connectivity index (χ0) is 21.5. The van der Waals surface area contributed by atoms with Crippen molar-refractivity contribution in [2.24, 2.45) is 10.7 Å². The molecule has 156 valence electrons. The molecule has 0 aliphatic carbocycles. The number of pyridine rings is 2. The highest BCUT2D eigenvalue weighted by Crippen LogP contribution is 2.54. The number of aromatic nitrogens is 2. The second kappa shape index (κ2) is 7.50. The maximum absolute atomic E-state index is 6.37. The highest BCUT2D eigenvalue weighted by Gasteiger charge is 2.44. The lowest BCUT2D eigenvalue weighted by Gasteiger charge is -2.39. The van der Waals surface area contributed by atoms with Gasteiger partial charge in [0.25, 0.3) is 0 Å². The molecule has 0 amide bonds.